The molecule has 0 aromatic rings. The van der Waals surface area contributed by atoms with Gasteiger partial charge in [-0.05, 0) is 55.9 Å². The minimum Gasteiger partial charge on any atom is -0.490 e. The van der Waals surface area contributed by atoms with Crippen LogP contribution in [0.15, 0.2) is 59.9 Å². The van der Waals surface area contributed by atoms with Gasteiger partial charge in [-0.1, -0.05) is 51.7 Å². The molecular weight excluding hydrogens is 244 g/mol. The van der Waals surface area contributed by atoms with Crippen molar-refractivity contribution in [3.63, 3.8) is 0 Å². The summed E-state index contributed by atoms with van der Waals surface area (Å²) in [6, 6.07) is 0. The average Bonchev–Trinajstić information content (AvgIpc) is 2.68. The maximum Gasteiger partial charge on any atom is 0.116 e. The minimum atomic E-state index is 0.468. The van der Waals surface area contributed by atoms with E-state index in [0.29, 0.717) is 12.5 Å². The number of hydrogen-bond donors (Lipinski definition) is 0. The zero-order valence-electron chi connectivity index (χ0n) is 13.8. The van der Waals surface area contributed by atoms with Crippen LogP contribution in [0.4, 0.5) is 0 Å². The van der Waals surface area contributed by atoms with Crippen LogP contribution in [0.25, 0.3) is 0 Å². The number of rotatable bonds is 6. The lowest BCUT2D eigenvalue weighted by molar-refractivity contribution is 0.243. The third kappa shape index (κ3) is 7.83. The van der Waals surface area contributed by atoms with Crippen LogP contribution in [0.5, 0.6) is 0 Å². The molecule has 0 fully saturated rings. The Bertz CT molecular complexity index is 394. The van der Waals surface area contributed by atoms with Crippen LogP contribution >= 0.6 is 0 Å². The standard InChI is InChI=1S/C17H24O.C2H6/c1-5-6-10-15(3)16(4)13-18-17-11-8-7-9-14(2)12-17;1-2/h5-7,9,11-12,15H,4,8,10,13H2,1-3H3;1-2H3/b6-5-;. The molecule has 0 spiro atoms. The lowest BCUT2D eigenvalue weighted by Gasteiger charge is -2.14. The Morgan fingerprint density at radius 3 is 2.80 bits per heavy atom. The Kier molecular flexibility index (Phi) is 10.5. The Labute approximate surface area is 125 Å². The summed E-state index contributed by atoms with van der Waals surface area (Å²) >= 11 is 0. The van der Waals surface area contributed by atoms with Crippen LogP contribution in [-0.2, 0) is 4.74 Å². The molecule has 0 heterocycles. The van der Waals surface area contributed by atoms with Crippen molar-refractivity contribution in [1.29, 1.82) is 0 Å². The van der Waals surface area contributed by atoms with E-state index in [4.69, 9.17) is 4.74 Å². The van der Waals surface area contributed by atoms with Crippen LogP contribution in [-0.4, -0.2) is 6.61 Å². The molecular formula is C19H30O. The van der Waals surface area contributed by atoms with Gasteiger partial charge in [-0.2, -0.15) is 0 Å². The van der Waals surface area contributed by atoms with E-state index in [1.54, 1.807) is 0 Å². The highest BCUT2D eigenvalue weighted by Gasteiger charge is 2.06. The lowest BCUT2D eigenvalue weighted by Crippen LogP contribution is -2.05. The highest BCUT2D eigenvalue weighted by atomic mass is 16.5. The Balaban J connectivity index is 0.00000172. The molecule has 1 atom stereocenters. The van der Waals surface area contributed by atoms with Gasteiger partial charge in [0, 0.05) is 0 Å². The van der Waals surface area contributed by atoms with Gasteiger partial charge >= 0.3 is 0 Å². The maximum atomic E-state index is 5.82. The second-order valence-electron chi connectivity index (χ2n) is 4.79. The highest BCUT2D eigenvalue weighted by Crippen LogP contribution is 2.17. The molecule has 0 amide bonds. The molecule has 1 rings (SSSR count). The molecule has 0 saturated carbocycles. The molecule has 0 bridgehead atoms. The quantitative estimate of drug-likeness (QED) is 0.541. The molecule has 1 heteroatoms. The fourth-order valence-electron chi connectivity index (χ4n) is 1.70. The Hall–Kier alpha value is -1.50. The molecule has 1 unspecified atom stereocenters. The molecule has 0 aliphatic heterocycles. The van der Waals surface area contributed by atoms with Gasteiger partial charge in [0.1, 0.15) is 12.4 Å². The first kappa shape index (κ1) is 18.5. The summed E-state index contributed by atoms with van der Waals surface area (Å²) in [6.45, 7) is 15.0. The molecule has 0 saturated heterocycles. The van der Waals surface area contributed by atoms with Crippen molar-refractivity contribution in [2.75, 3.05) is 6.61 Å². The van der Waals surface area contributed by atoms with E-state index < -0.39 is 0 Å². The van der Waals surface area contributed by atoms with Crippen LogP contribution in [0.3, 0.4) is 0 Å². The summed E-state index contributed by atoms with van der Waals surface area (Å²) in [5.74, 6) is 1.42. The smallest absolute Gasteiger partial charge is 0.116 e. The van der Waals surface area contributed by atoms with E-state index in [0.717, 1.165) is 24.2 Å². The maximum absolute atomic E-state index is 5.82. The van der Waals surface area contributed by atoms with Gasteiger partial charge in [-0.15, -0.1) is 0 Å². The first-order valence-electron chi connectivity index (χ1n) is 7.60. The van der Waals surface area contributed by atoms with Gasteiger partial charge in [-0.25, -0.2) is 0 Å². The van der Waals surface area contributed by atoms with E-state index in [2.05, 4.69) is 56.9 Å². The number of allylic oxidation sites excluding steroid dienone is 7. The molecule has 1 aliphatic rings. The predicted molar refractivity (Wildman–Crippen MR) is 90.6 cm³/mol. The fraction of sp³-hybridized carbons (Fsp3) is 0.474. The van der Waals surface area contributed by atoms with E-state index >= 15 is 0 Å². The first-order valence-corrected chi connectivity index (χ1v) is 7.60. The van der Waals surface area contributed by atoms with Gasteiger partial charge in [0.2, 0.25) is 0 Å². The van der Waals surface area contributed by atoms with E-state index in [1.165, 1.54) is 5.57 Å². The third-order valence-electron chi connectivity index (χ3n) is 3.05. The molecule has 1 nitrogen and oxygen atoms in total. The monoisotopic (exact) mass is 274 g/mol. The fourth-order valence-corrected chi connectivity index (χ4v) is 1.70. The Morgan fingerprint density at radius 1 is 1.45 bits per heavy atom. The Morgan fingerprint density at radius 2 is 2.15 bits per heavy atom. The zero-order chi connectivity index (χ0) is 15.4. The molecule has 0 N–H and O–H groups in total. The zero-order valence-corrected chi connectivity index (χ0v) is 13.8. The summed E-state index contributed by atoms with van der Waals surface area (Å²) in [5.41, 5.74) is 2.38. The van der Waals surface area contributed by atoms with Gasteiger partial charge in [0.05, 0.1) is 0 Å². The molecule has 112 valence electrons. The molecule has 0 aromatic heterocycles. The van der Waals surface area contributed by atoms with Crippen LogP contribution in [0.2, 0.25) is 0 Å². The second kappa shape index (κ2) is 11.3. The molecule has 0 aromatic carbocycles. The third-order valence-corrected chi connectivity index (χ3v) is 3.05. The van der Waals surface area contributed by atoms with E-state index in [1.807, 2.05) is 20.8 Å². The van der Waals surface area contributed by atoms with Crippen LogP contribution in [0.1, 0.15) is 47.5 Å². The molecule has 1 aliphatic carbocycles. The average molecular weight is 274 g/mol. The van der Waals surface area contributed by atoms with E-state index in [-0.39, 0.29) is 0 Å². The predicted octanol–water partition coefficient (Wildman–Crippen LogP) is 5.98. The van der Waals surface area contributed by atoms with Crippen molar-refractivity contribution >= 4 is 0 Å². The van der Waals surface area contributed by atoms with Crippen molar-refractivity contribution in [3.8, 4) is 0 Å². The van der Waals surface area contributed by atoms with Gasteiger partial charge < -0.3 is 4.74 Å². The normalized spacial score (nSPS) is 15.7. The van der Waals surface area contributed by atoms with Crippen molar-refractivity contribution < 1.29 is 4.74 Å². The summed E-state index contributed by atoms with van der Waals surface area (Å²) in [7, 11) is 0. The van der Waals surface area contributed by atoms with Crippen molar-refractivity contribution in [2.24, 2.45) is 5.92 Å². The minimum absolute atomic E-state index is 0.468. The van der Waals surface area contributed by atoms with Crippen molar-refractivity contribution in [3.05, 3.63) is 59.9 Å². The SMILES string of the molecule is C=C(COC1=CCC=CC(C)=C1)C(C)C/C=C\C.CC. The van der Waals surface area contributed by atoms with Gasteiger partial charge in [-0.3, -0.25) is 0 Å². The lowest BCUT2D eigenvalue weighted by atomic mass is 9.99. The highest BCUT2D eigenvalue weighted by molar-refractivity contribution is 5.29. The largest absolute Gasteiger partial charge is 0.490 e. The molecule has 0 radical (unpaired) electrons. The van der Waals surface area contributed by atoms with Gasteiger partial charge in [0.15, 0.2) is 0 Å². The topological polar surface area (TPSA) is 9.23 Å². The second-order valence-corrected chi connectivity index (χ2v) is 4.79. The van der Waals surface area contributed by atoms with Crippen LogP contribution in [0, 0.1) is 5.92 Å². The summed E-state index contributed by atoms with van der Waals surface area (Å²) in [6.07, 6.45) is 14.7. The number of ether oxygens (including phenoxy) is 1. The summed E-state index contributed by atoms with van der Waals surface area (Å²) in [4.78, 5) is 0. The van der Waals surface area contributed by atoms with E-state index in [9.17, 15) is 0 Å². The van der Waals surface area contributed by atoms with Crippen LogP contribution < -0.4 is 0 Å². The van der Waals surface area contributed by atoms with Crippen molar-refractivity contribution in [2.45, 2.75) is 47.5 Å². The number of hydrogen-bond acceptors (Lipinski definition) is 1. The first-order chi connectivity index (χ1) is 9.63. The molecule has 20 heavy (non-hydrogen) atoms. The van der Waals surface area contributed by atoms with Crippen molar-refractivity contribution in [1.82, 2.24) is 0 Å². The summed E-state index contributed by atoms with van der Waals surface area (Å²) < 4.78 is 5.82. The van der Waals surface area contributed by atoms with Gasteiger partial charge in [0.25, 0.3) is 0 Å². The summed E-state index contributed by atoms with van der Waals surface area (Å²) in [5, 5.41) is 0.